The summed E-state index contributed by atoms with van der Waals surface area (Å²) in [6.07, 6.45) is 1.58. The predicted molar refractivity (Wildman–Crippen MR) is 71.6 cm³/mol. The molecule has 4 nitrogen and oxygen atoms in total. The van der Waals surface area contributed by atoms with E-state index in [-0.39, 0.29) is 6.04 Å². The van der Waals surface area contributed by atoms with E-state index < -0.39 is 31.3 Å². The Bertz CT molecular complexity index is 544. The molecule has 19 heavy (non-hydrogen) atoms. The van der Waals surface area contributed by atoms with Crippen LogP contribution in [0.2, 0.25) is 0 Å². The third kappa shape index (κ3) is 4.54. The summed E-state index contributed by atoms with van der Waals surface area (Å²) in [6, 6.07) is 5.00. The largest absolute Gasteiger partial charge is 0.382 e. The molecule has 0 spiro atoms. The Balaban J connectivity index is 2.80. The van der Waals surface area contributed by atoms with E-state index in [4.69, 9.17) is 0 Å². The number of benzene rings is 1. The number of hydrogen-bond acceptors (Lipinski definition) is 4. The van der Waals surface area contributed by atoms with Gasteiger partial charge in [0.15, 0.2) is 0 Å². The molecule has 0 aliphatic heterocycles. The number of hydrogen-bond donors (Lipinski definition) is 1. The molecule has 0 heterocycles. The highest BCUT2D eigenvalue weighted by atomic mass is 32.2. The summed E-state index contributed by atoms with van der Waals surface area (Å²) in [4.78, 5) is -0.417. The van der Waals surface area contributed by atoms with Crippen LogP contribution in [0.25, 0.3) is 0 Å². The van der Waals surface area contributed by atoms with Gasteiger partial charge < -0.3 is 5.32 Å². The maximum atomic E-state index is 12.3. The Kier molecular flexibility index (Phi) is 5.42. The molecule has 0 saturated heterocycles. The molecule has 1 N–H and O–H groups in total. The molecule has 8 heteroatoms. The molecule has 2 atom stereocenters. The fourth-order valence-electron chi connectivity index (χ4n) is 1.52. The molecule has 1 aromatic carbocycles. The van der Waals surface area contributed by atoms with E-state index in [2.05, 4.69) is 5.32 Å². The standard InChI is InChI=1S/C11H15F2NO3S2/c1-8(7-18(2)15)14-9-3-5-10(6-4-9)19(16,17)11(12)13/h3-6,8,11,14H,7H2,1-2H3. The number of rotatable bonds is 6. The Morgan fingerprint density at radius 1 is 1.26 bits per heavy atom. The smallest absolute Gasteiger partial charge is 0.341 e. The first-order valence-corrected chi connectivity index (χ1v) is 8.69. The van der Waals surface area contributed by atoms with Crippen molar-refractivity contribution in [3.8, 4) is 0 Å². The second kappa shape index (κ2) is 6.42. The molecule has 0 fully saturated rings. The van der Waals surface area contributed by atoms with Crippen molar-refractivity contribution in [3.05, 3.63) is 24.3 Å². The lowest BCUT2D eigenvalue weighted by atomic mass is 10.3. The van der Waals surface area contributed by atoms with Crippen LogP contribution in [-0.4, -0.2) is 36.4 Å². The lowest BCUT2D eigenvalue weighted by Gasteiger charge is -2.14. The van der Waals surface area contributed by atoms with Gasteiger partial charge in [-0.05, 0) is 31.2 Å². The molecule has 0 aliphatic carbocycles. The minimum Gasteiger partial charge on any atom is -0.382 e. The van der Waals surface area contributed by atoms with E-state index in [1.54, 1.807) is 6.26 Å². The van der Waals surface area contributed by atoms with Gasteiger partial charge in [-0.25, -0.2) is 8.42 Å². The Morgan fingerprint density at radius 2 is 1.79 bits per heavy atom. The number of halogens is 2. The van der Waals surface area contributed by atoms with Crippen molar-refractivity contribution in [2.45, 2.75) is 23.6 Å². The van der Waals surface area contributed by atoms with Crippen LogP contribution in [0, 0.1) is 0 Å². The normalized spacial score (nSPS) is 15.2. The second-order valence-corrected chi connectivity index (χ2v) is 7.51. The zero-order chi connectivity index (χ0) is 14.6. The predicted octanol–water partition coefficient (Wildman–Crippen LogP) is 1.86. The maximum Gasteiger partial charge on any atom is 0.341 e. The summed E-state index contributed by atoms with van der Waals surface area (Å²) in [5, 5.41) is 3.01. The van der Waals surface area contributed by atoms with Crippen molar-refractivity contribution >= 4 is 26.3 Å². The molecule has 0 aromatic heterocycles. The molecule has 1 rings (SSSR count). The summed E-state index contributed by atoms with van der Waals surface area (Å²) >= 11 is 0. The summed E-state index contributed by atoms with van der Waals surface area (Å²) in [7, 11) is -5.50. The molecule has 108 valence electrons. The molecule has 1 aromatic rings. The highest BCUT2D eigenvalue weighted by Crippen LogP contribution is 2.20. The van der Waals surface area contributed by atoms with Crippen LogP contribution < -0.4 is 5.32 Å². The van der Waals surface area contributed by atoms with E-state index in [0.29, 0.717) is 11.4 Å². The van der Waals surface area contributed by atoms with Gasteiger partial charge in [0.2, 0.25) is 9.84 Å². The van der Waals surface area contributed by atoms with Crippen LogP contribution in [0.15, 0.2) is 29.2 Å². The Hall–Kier alpha value is -1.02. The number of alkyl halides is 2. The van der Waals surface area contributed by atoms with E-state index >= 15 is 0 Å². The van der Waals surface area contributed by atoms with Crippen LogP contribution in [0.4, 0.5) is 14.5 Å². The van der Waals surface area contributed by atoms with E-state index in [0.717, 1.165) is 12.1 Å². The quantitative estimate of drug-likeness (QED) is 0.871. The highest BCUT2D eigenvalue weighted by molar-refractivity contribution is 7.91. The van der Waals surface area contributed by atoms with Crippen LogP contribution in [0.3, 0.4) is 0 Å². The molecule has 0 bridgehead atoms. The van der Waals surface area contributed by atoms with Gasteiger partial charge in [0.25, 0.3) is 0 Å². The molecule has 0 radical (unpaired) electrons. The van der Waals surface area contributed by atoms with E-state index in [1.807, 2.05) is 6.92 Å². The van der Waals surface area contributed by atoms with Gasteiger partial charge in [-0.3, -0.25) is 4.21 Å². The molecule has 0 saturated carbocycles. The molecule has 0 amide bonds. The topological polar surface area (TPSA) is 63.2 Å². The van der Waals surface area contributed by atoms with Crippen LogP contribution in [0.5, 0.6) is 0 Å². The van der Waals surface area contributed by atoms with Crippen molar-refractivity contribution in [2.75, 3.05) is 17.3 Å². The monoisotopic (exact) mass is 311 g/mol. The molecular formula is C11H15F2NO3S2. The van der Waals surface area contributed by atoms with Crippen molar-refractivity contribution in [2.24, 2.45) is 0 Å². The van der Waals surface area contributed by atoms with E-state index in [9.17, 15) is 21.4 Å². The number of sulfone groups is 1. The average Bonchev–Trinajstić information content (AvgIpc) is 2.28. The first-order valence-electron chi connectivity index (χ1n) is 5.42. The van der Waals surface area contributed by atoms with Gasteiger partial charge in [0, 0.05) is 34.5 Å². The number of nitrogens with one attached hydrogen (secondary N) is 1. The fourth-order valence-corrected chi connectivity index (χ4v) is 3.03. The Morgan fingerprint density at radius 3 is 2.21 bits per heavy atom. The molecular weight excluding hydrogens is 296 g/mol. The average molecular weight is 311 g/mol. The lowest BCUT2D eigenvalue weighted by Crippen LogP contribution is -2.22. The Labute approximate surface area is 113 Å². The SMILES string of the molecule is CC(CS(C)=O)Nc1ccc(S(=O)(=O)C(F)F)cc1. The van der Waals surface area contributed by atoms with Crippen molar-refractivity contribution < 1.29 is 21.4 Å². The summed E-state index contributed by atoms with van der Waals surface area (Å²) in [5.74, 6) is -2.98. The van der Waals surface area contributed by atoms with Gasteiger partial charge >= 0.3 is 5.76 Å². The van der Waals surface area contributed by atoms with Gasteiger partial charge in [-0.2, -0.15) is 8.78 Å². The van der Waals surface area contributed by atoms with Gasteiger partial charge in [0.1, 0.15) is 0 Å². The van der Waals surface area contributed by atoms with Crippen LogP contribution in [-0.2, 0) is 20.6 Å². The third-order valence-corrected chi connectivity index (χ3v) is 4.68. The van der Waals surface area contributed by atoms with Crippen molar-refractivity contribution in [3.63, 3.8) is 0 Å². The summed E-state index contributed by atoms with van der Waals surface area (Å²) < 4.78 is 58.0. The van der Waals surface area contributed by atoms with Gasteiger partial charge in [0.05, 0.1) is 4.90 Å². The lowest BCUT2D eigenvalue weighted by molar-refractivity contribution is 0.234. The molecule has 0 aliphatic rings. The van der Waals surface area contributed by atoms with Crippen LogP contribution in [0.1, 0.15) is 6.92 Å². The summed E-state index contributed by atoms with van der Waals surface area (Å²) in [6.45, 7) is 1.82. The minimum absolute atomic E-state index is 0.0663. The second-order valence-electron chi connectivity index (χ2n) is 4.12. The summed E-state index contributed by atoms with van der Waals surface area (Å²) in [5.41, 5.74) is 0.589. The van der Waals surface area contributed by atoms with Crippen molar-refractivity contribution in [1.82, 2.24) is 0 Å². The minimum atomic E-state index is -4.55. The molecule has 2 unspecified atom stereocenters. The zero-order valence-electron chi connectivity index (χ0n) is 10.5. The fraction of sp³-hybridized carbons (Fsp3) is 0.455. The van der Waals surface area contributed by atoms with E-state index in [1.165, 1.54) is 12.1 Å². The highest BCUT2D eigenvalue weighted by Gasteiger charge is 2.26. The first-order chi connectivity index (χ1) is 8.73. The number of anilines is 1. The van der Waals surface area contributed by atoms with Gasteiger partial charge in [-0.15, -0.1) is 0 Å². The first kappa shape index (κ1) is 16.0. The van der Waals surface area contributed by atoms with Crippen LogP contribution >= 0.6 is 0 Å². The zero-order valence-corrected chi connectivity index (χ0v) is 12.1. The van der Waals surface area contributed by atoms with Crippen molar-refractivity contribution in [1.29, 1.82) is 0 Å². The third-order valence-electron chi connectivity index (χ3n) is 2.32. The van der Waals surface area contributed by atoms with Gasteiger partial charge in [-0.1, -0.05) is 0 Å². The maximum absolute atomic E-state index is 12.3.